The number of guanidine groups is 1. The van der Waals surface area contributed by atoms with Gasteiger partial charge in [-0.15, -0.1) is 0 Å². The molecule has 2 fully saturated rings. The minimum atomic E-state index is -0.167. The maximum Gasteiger partial charge on any atom is 0.310 e. The normalized spacial score (nSPS) is 22.5. The number of methoxy groups -OCH3 is 1. The van der Waals surface area contributed by atoms with Gasteiger partial charge in [-0.25, -0.2) is 0 Å². The van der Waals surface area contributed by atoms with Gasteiger partial charge in [0.05, 0.1) is 13.0 Å². The Bertz CT molecular complexity index is 758. The maximum absolute atomic E-state index is 12.7. The summed E-state index contributed by atoms with van der Waals surface area (Å²) in [6, 6.07) is 7.79. The van der Waals surface area contributed by atoms with Gasteiger partial charge in [0.1, 0.15) is 0 Å². The van der Waals surface area contributed by atoms with Crippen LogP contribution in [0.5, 0.6) is 0 Å². The number of aliphatic imine (C=N–C) groups is 1. The Balaban J connectivity index is 1.60. The van der Waals surface area contributed by atoms with Crippen LogP contribution in [0.4, 0.5) is 0 Å². The van der Waals surface area contributed by atoms with E-state index in [2.05, 4.69) is 22.1 Å². The molecule has 1 aromatic carbocycles. The first-order chi connectivity index (χ1) is 14.0. The summed E-state index contributed by atoms with van der Waals surface area (Å²) in [7, 11) is 3.18. The first-order valence-electron chi connectivity index (χ1n) is 10.4. The molecule has 7 nitrogen and oxygen atoms in total. The number of likely N-dealkylation sites (tertiary alicyclic amines) is 2. The summed E-state index contributed by atoms with van der Waals surface area (Å²) in [4.78, 5) is 33.1. The summed E-state index contributed by atoms with van der Waals surface area (Å²) in [6.07, 6.45) is 3.38. The van der Waals surface area contributed by atoms with Crippen LogP contribution in [0.25, 0.3) is 0 Å². The van der Waals surface area contributed by atoms with Crippen molar-refractivity contribution in [3.8, 4) is 0 Å². The second-order valence-corrected chi connectivity index (χ2v) is 7.97. The van der Waals surface area contributed by atoms with Gasteiger partial charge in [-0.2, -0.15) is 0 Å². The fourth-order valence-corrected chi connectivity index (χ4v) is 4.21. The first-order valence-corrected chi connectivity index (χ1v) is 10.4. The quantitative estimate of drug-likeness (QED) is 0.476. The van der Waals surface area contributed by atoms with Gasteiger partial charge in [0.25, 0.3) is 5.91 Å². The van der Waals surface area contributed by atoms with Crippen molar-refractivity contribution in [1.82, 2.24) is 15.1 Å². The van der Waals surface area contributed by atoms with E-state index in [1.54, 1.807) is 7.05 Å². The molecule has 0 aromatic heterocycles. The Morgan fingerprint density at radius 2 is 1.93 bits per heavy atom. The van der Waals surface area contributed by atoms with Crippen molar-refractivity contribution in [3.05, 3.63) is 35.4 Å². The Morgan fingerprint density at radius 3 is 2.62 bits per heavy atom. The van der Waals surface area contributed by atoms with E-state index in [9.17, 15) is 9.59 Å². The summed E-state index contributed by atoms with van der Waals surface area (Å²) in [6.45, 7) is 5.69. The second kappa shape index (κ2) is 9.76. The Kier molecular flexibility index (Phi) is 7.12. The van der Waals surface area contributed by atoms with Crippen LogP contribution in [0, 0.1) is 11.8 Å². The van der Waals surface area contributed by atoms with Crippen molar-refractivity contribution in [2.24, 2.45) is 16.8 Å². The van der Waals surface area contributed by atoms with Crippen LogP contribution in [0.3, 0.4) is 0 Å². The molecular formula is C22H32N4O3. The topological polar surface area (TPSA) is 74.2 Å². The number of rotatable bonds is 4. The standard InChI is InChI=1S/C22H32N4O3/c1-16-14-26(15-19(16)21(28)29-3)22(23-2)24-13-17-8-7-9-18(12-17)20(27)25-10-5-4-6-11-25/h7-9,12,16,19H,4-6,10-11,13-15H2,1-3H3,(H,23,24). The van der Waals surface area contributed by atoms with Crippen molar-refractivity contribution in [1.29, 1.82) is 0 Å². The number of benzene rings is 1. The molecule has 158 valence electrons. The Morgan fingerprint density at radius 1 is 1.17 bits per heavy atom. The lowest BCUT2D eigenvalue weighted by Gasteiger charge is -2.27. The summed E-state index contributed by atoms with van der Waals surface area (Å²) < 4.78 is 4.92. The van der Waals surface area contributed by atoms with Gasteiger partial charge in [0.15, 0.2) is 5.96 Å². The predicted molar refractivity (Wildman–Crippen MR) is 113 cm³/mol. The first kappa shape index (κ1) is 21.1. The average molecular weight is 401 g/mol. The van der Waals surface area contributed by atoms with Crippen LogP contribution < -0.4 is 5.32 Å². The molecule has 0 radical (unpaired) electrons. The summed E-state index contributed by atoms with van der Waals surface area (Å²) in [5.74, 6) is 0.788. The molecule has 2 aliphatic heterocycles. The molecule has 1 aromatic rings. The lowest BCUT2D eigenvalue weighted by molar-refractivity contribution is -0.145. The molecule has 0 bridgehead atoms. The van der Waals surface area contributed by atoms with Gasteiger partial charge in [-0.05, 0) is 42.9 Å². The minimum Gasteiger partial charge on any atom is -0.469 e. The maximum atomic E-state index is 12.7. The zero-order chi connectivity index (χ0) is 20.8. The molecular weight excluding hydrogens is 368 g/mol. The molecule has 1 N–H and O–H groups in total. The highest BCUT2D eigenvalue weighted by Gasteiger charge is 2.36. The Hall–Kier alpha value is -2.57. The van der Waals surface area contributed by atoms with Gasteiger partial charge < -0.3 is 19.9 Å². The van der Waals surface area contributed by atoms with Crippen molar-refractivity contribution < 1.29 is 14.3 Å². The van der Waals surface area contributed by atoms with Crippen LogP contribution in [-0.2, 0) is 16.1 Å². The Labute approximate surface area is 173 Å². The third kappa shape index (κ3) is 5.08. The highest BCUT2D eigenvalue weighted by Crippen LogP contribution is 2.24. The molecule has 7 heteroatoms. The molecule has 2 unspecified atom stereocenters. The van der Waals surface area contributed by atoms with Gasteiger partial charge in [-0.3, -0.25) is 14.6 Å². The summed E-state index contributed by atoms with van der Waals surface area (Å²) in [5, 5.41) is 3.37. The number of carbonyl (C=O) groups is 2. The van der Waals surface area contributed by atoms with E-state index in [-0.39, 0.29) is 23.7 Å². The third-order valence-electron chi connectivity index (χ3n) is 5.90. The number of amides is 1. The number of hydrogen-bond donors (Lipinski definition) is 1. The molecule has 2 aliphatic rings. The molecule has 1 amide bonds. The molecule has 29 heavy (non-hydrogen) atoms. The highest BCUT2D eigenvalue weighted by molar-refractivity contribution is 5.94. The van der Waals surface area contributed by atoms with Crippen LogP contribution in [0.2, 0.25) is 0 Å². The lowest BCUT2D eigenvalue weighted by Crippen LogP contribution is -2.40. The largest absolute Gasteiger partial charge is 0.469 e. The van der Waals surface area contributed by atoms with E-state index < -0.39 is 0 Å². The molecule has 2 saturated heterocycles. The molecule has 2 heterocycles. The average Bonchev–Trinajstić information content (AvgIpc) is 3.15. The van der Waals surface area contributed by atoms with E-state index in [1.165, 1.54) is 13.5 Å². The van der Waals surface area contributed by atoms with Crippen molar-refractivity contribution >= 4 is 17.8 Å². The van der Waals surface area contributed by atoms with Crippen molar-refractivity contribution in [3.63, 3.8) is 0 Å². The van der Waals surface area contributed by atoms with Gasteiger partial charge >= 0.3 is 5.97 Å². The number of piperidine rings is 1. The fourth-order valence-electron chi connectivity index (χ4n) is 4.21. The van der Waals surface area contributed by atoms with Crippen LogP contribution >= 0.6 is 0 Å². The smallest absolute Gasteiger partial charge is 0.310 e. The predicted octanol–water partition coefficient (Wildman–Crippen LogP) is 2.13. The van der Waals surface area contributed by atoms with E-state index in [1.807, 2.05) is 29.2 Å². The monoisotopic (exact) mass is 400 g/mol. The molecule has 2 atom stereocenters. The lowest BCUT2D eigenvalue weighted by atomic mass is 9.99. The molecule has 0 aliphatic carbocycles. The number of esters is 1. The minimum absolute atomic E-state index is 0.116. The summed E-state index contributed by atoms with van der Waals surface area (Å²) >= 11 is 0. The molecule has 3 rings (SSSR count). The third-order valence-corrected chi connectivity index (χ3v) is 5.90. The van der Waals surface area contributed by atoms with E-state index in [4.69, 9.17) is 4.74 Å². The van der Waals surface area contributed by atoms with Gasteiger partial charge in [0, 0.05) is 45.3 Å². The zero-order valence-corrected chi connectivity index (χ0v) is 17.7. The van der Waals surface area contributed by atoms with E-state index >= 15 is 0 Å². The second-order valence-electron chi connectivity index (χ2n) is 7.97. The van der Waals surface area contributed by atoms with Crippen molar-refractivity contribution in [2.45, 2.75) is 32.7 Å². The van der Waals surface area contributed by atoms with E-state index in [0.29, 0.717) is 13.1 Å². The highest BCUT2D eigenvalue weighted by atomic mass is 16.5. The van der Waals surface area contributed by atoms with Crippen LogP contribution in [0.15, 0.2) is 29.3 Å². The van der Waals surface area contributed by atoms with Crippen LogP contribution in [-0.4, -0.2) is 68.0 Å². The summed E-state index contributed by atoms with van der Waals surface area (Å²) in [5.41, 5.74) is 1.77. The number of carbonyl (C=O) groups excluding carboxylic acids is 2. The zero-order valence-electron chi connectivity index (χ0n) is 17.7. The van der Waals surface area contributed by atoms with Gasteiger partial charge in [0.2, 0.25) is 0 Å². The number of ether oxygens (including phenoxy) is 1. The number of hydrogen-bond acceptors (Lipinski definition) is 4. The SMILES string of the molecule is CN=C(NCc1cccc(C(=O)N2CCCCC2)c1)N1CC(C)C(C(=O)OC)C1. The number of nitrogens with one attached hydrogen (secondary N) is 1. The van der Waals surface area contributed by atoms with Gasteiger partial charge in [-0.1, -0.05) is 19.1 Å². The fraction of sp³-hybridized carbons (Fsp3) is 0.591. The number of nitrogens with zero attached hydrogens (tertiary/aromatic N) is 3. The molecule has 0 saturated carbocycles. The van der Waals surface area contributed by atoms with E-state index in [0.717, 1.165) is 49.6 Å². The molecule has 0 spiro atoms. The van der Waals surface area contributed by atoms with Crippen LogP contribution in [0.1, 0.15) is 42.1 Å². The van der Waals surface area contributed by atoms with Crippen molar-refractivity contribution in [2.75, 3.05) is 40.3 Å².